The molecule has 1 N–H and O–H groups in total. The van der Waals surface area contributed by atoms with Crippen LogP contribution in [0.2, 0.25) is 0 Å². The number of carbonyl (C=O) groups is 2. The number of rotatable bonds is 1. The molecule has 0 aromatic heterocycles. The average Bonchev–Trinajstić information content (AvgIpc) is 2.30. The molecule has 1 aliphatic heterocycles. The van der Waals surface area contributed by atoms with E-state index in [1.54, 1.807) is 13.8 Å². The van der Waals surface area contributed by atoms with Crippen LogP contribution in [0.5, 0.6) is 0 Å². The van der Waals surface area contributed by atoms with Crippen molar-refractivity contribution in [1.82, 2.24) is 0 Å². The second-order valence-electron chi connectivity index (χ2n) is 2.91. The van der Waals surface area contributed by atoms with E-state index in [9.17, 15) is 14.7 Å². The molecule has 12 heavy (non-hydrogen) atoms. The molecule has 1 rings (SSSR count). The van der Waals surface area contributed by atoms with Gasteiger partial charge in [0, 0.05) is 5.92 Å². The Balaban J connectivity index is 3.06. The van der Waals surface area contributed by atoms with Crippen molar-refractivity contribution in [3.8, 4) is 0 Å². The predicted octanol–water partition coefficient (Wildman–Crippen LogP) is 0.580. The highest BCUT2D eigenvalue weighted by atomic mass is 16.5. The molecule has 0 amide bonds. The molecule has 0 bridgehead atoms. The number of hydrogen-bond donors (Lipinski definition) is 1. The molecule has 1 fully saturated rings. The van der Waals surface area contributed by atoms with E-state index in [2.05, 4.69) is 4.74 Å². The van der Waals surface area contributed by atoms with E-state index < -0.39 is 11.8 Å². The smallest absolute Gasteiger partial charge is 0.345 e. The first kappa shape index (κ1) is 8.77. The molecule has 1 heterocycles. The summed E-state index contributed by atoms with van der Waals surface area (Å²) < 4.78 is 4.44. The summed E-state index contributed by atoms with van der Waals surface area (Å²) in [6, 6.07) is 0. The number of allylic oxidation sites excluding steroid dienone is 1. The summed E-state index contributed by atoms with van der Waals surface area (Å²) in [6.45, 7) is 3.15. The van der Waals surface area contributed by atoms with Crippen molar-refractivity contribution < 1.29 is 19.4 Å². The second kappa shape index (κ2) is 2.97. The van der Waals surface area contributed by atoms with Crippen molar-refractivity contribution >= 4 is 11.8 Å². The number of Topliss-reactive ketones (excluding diaryl/α,β-unsaturated/α-hetero) is 1. The van der Waals surface area contributed by atoms with Crippen molar-refractivity contribution in [3.63, 3.8) is 0 Å². The Morgan fingerprint density at radius 3 is 2.42 bits per heavy atom. The minimum absolute atomic E-state index is 0.178. The average molecular weight is 170 g/mol. The van der Waals surface area contributed by atoms with Crippen molar-refractivity contribution in [1.29, 1.82) is 0 Å². The largest absolute Gasteiger partial charge is 0.511 e. The van der Waals surface area contributed by atoms with E-state index >= 15 is 0 Å². The first-order valence-corrected chi connectivity index (χ1v) is 3.67. The van der Waals surface area contributed by atoms with Crippen LogP contribution in [0.25, 0.3) is 0 Å². The van der Waals surface area contributed by atoms with Gasteiger partial charge in [0.05, 0.1) is 0 Å². The van der Waals surface area contributed by atoms with E-state index in [1.807, 2.05) is 0 Å². The summed E-state index contributed by atoms with van der Waals surface area (Å²) >= 11 is 0. The quantitative estimate of drug-likeness (QED) is 0.270. The van der Waals surface area contributed by atoms with E-state index in [1.165, 1.54) is 0 Å². The van der Waals surface area contributed by atoms with Gasteiger partial charge in [-0.15, -0.1) is 0 Å². The molecule has 0 aromatic rings. The first-order valence-electron chi connectivity index (χ1n) is 3.67. The van der Waals surface area contributed by atoms with Crippen LogP contribution in [0, 0.1) is 5.92 Å². The van der Waals surface area contributed by atoms with Crippen molar-refractivity contribution in [3.05, 3.63) is 11.3 Å². The standard InChI is InChI=1S/C8H10O4/c1-4(2)7(10)6-5(9)3-12-8(6)11/h4,10H,3H2,1-2H3. The van der Waals surface area contributed by atoms with Crippen LogP contribution in [-0.2, 0) is 14.3 Å². The first-order chi connectivity index (χ1) is 5.54. The Bertz CT molecular complexity index is 244. The van der Waals surface area contributed by atoms with E-state index in [0.29, 0.717) is 0 Å². The Hall–Kier alpha value is -1.32. The molecule has 66 valence electrons. The SMILES string of the molecule is CC(C)C(O)=C1C(=O)COC1=O. The molecule has 4 heteroatoms. The monoisotopic (exact) mass is 170 g/mol. The number of aliphatic hydroxyl groups excluding tert-OH is 1. The fourth-order valence-electron chi connectivity index (χ4n) is 0.925. The molecule has 0 atom stereocenters. The van der Waals surface area contributed by atoms with Crippen LogP contribution in [0.1, 0.15) is 13.8 Å². The van der Waals surface area contributed by atoms with Gasteiger partial charge < -0.3 is 9.84 Å². The number of esters is 1. The van der Waals surface area contributed by atoms with Gasteiger partial charge in [-0.05, 0) is 0 Å². The molecule has 0 aliphatic carbocycles. The molecule has 1 aliphatic rings. The Morgan fingerprint density at radius 1 is 1.50 bits per heavy atom. The maximum Gasteiger partial charge on any atom is 0.345 e. The van der Waals surface area contributed by atoms with Crippen LogP contribution < -0.4 is 0 Å². The van der Waals surface area contributed by atoms with Gasteiger partial charge in [-0.3, -0.25) is 4.79 Å². The highest BCUT2D eigenvalue weighted by Gasteiger charge is 2.32. The maximum absolute atomic E-state index is 11.0. The third kappa shape index (κ3) is 1.32. The highest BCUT2D eigenvalue weighted by Crippen LogP contribution is 2.18. The van der Waals surface area contributed by atoms with Gasteiger partial charge >= 0.3 is 5.97 Å². The van der Waals surface area contributed by atoms with Crippen LogP contribution in [0.3, 0.4) is 0 Å². The van der Waals surface area contributed by atoms with E-state index in [0.717, 1.165) is 0 Å². The number of ether oxygens (including phenoxy) is 1. The van der Waals surface area contributed by atoms with Gasteiger partial charge in [0.25, 0.3) is 0 Å². The number of hydrogen-bond acceptors (Lipinski definition) is 4. The van der Waals surface area contributed by atoms with Gasteiger partial charge in [0.1, 0.15) is 11.3 Å². The lowest BCUT2D eigenvalue weighted by Crippen LogP contribution is -2.09. The van der Waals surface area contributed by atoms with Gasteiger partial charge in [-0.2, -0.15) is 0 Å². The van der Waals surface area contributed by atoms with Crippen molar-refractivity contribution in [2.24, 2.45) is 5.92 Å². The van der Waals surface area contributed by atoms with Crippen molar-refractivity contribution in [2.45, 2.75) is 13.8 Å². The minimum Gasteiger partial charge on any atom is -0.511 e. The highest BCUT2D eigenvalue weighted by molar-refractivity contribution is 6.22. The van der Waals surface area contributed by atoms with Crippen LogP contribution in [-0.4, -0.2) is 23.5 Å². The fourth-order valence-corrected chi connectivity index (χ4v) is 0.925. The fraction of sp³-hybridized carbons (Fsp3) is 0.500. The minimum atomic E-state index is -0.716. The van der Waals surface area contributed by atoms with E-state index in [4.69, 9.17) is 0 Å². The molecular weight excluding hydrogens is 160 g/mol. The normalized spacial score (nSPS) is 21.6. The van der Waals surface area contributed by atoms with Gasteiger partial charge in [-0.1, -0.05) is 13.8 Å². The Labute approximate surface area is 69.8 Å². The summed E-state index contributed by atoms with van der Waals surface area (Å²) in [5.74, 6) is -1.56. The number of ketones is 1. The van der Waals surface area contributed by atoms with Gasteiger partial charge in [-0.25, -0.2) is 4.79 Å². The molecule has 0 radical (unpaired) electrons. The number of carbonyl (C=O) groups excluding carboxylic acids is 2. The van der Waals surface area contributed by atoms with Crippen LogP contribution in [0.15, 0.2) is 11.3 Å². The summed E-state index contributed by atoms with van der Waals surface area (Å²) in [4.78, 5) is 21.8. The third-order valence-corrected chi connectivity index (χ3v) is 1.62. The summed E-state index contributed by atoms with van der Waals surface area (Å²) in [5, 5.41) is 9.33. The molecule has 4 nitrogen and oxygen atoms in total. The van der Waals surface area contributed by atoms with Crippen LogP contribution in [0.4, 0.5) is 0 Å². The Kier molecular flexibility index (Phi) is 2.17. The lowest BCUT2D eigenvalue weighted by molar-refractivity contribution is -0.135. The summed E-state index contributed by atoms with van der Waals surface area (Å²) in [7, 11) is 0. The number of aliphatic hydroxyl groups is 1. The predicted molar refractivity (Wildman–Crippen MR) is 40.5 cm³/mol. The summed E-state index contributed by atoms with van der Waals surface area (Å²) in [5.41, 5.74) is -0.190. The maximum atomic E-state index is 11.0. The van der Waals surface area contributed by atoms with E-state index in [-0.39, 0.29) is 23.9 Å². The zero-order valence-electron chi connectivity index (χ0n) is 6.96. The van der Waals surface area contributed by atoms with Crippen LogP contribution >= 0.6 is 0 Å². The van der Waals surface area contributed by atoms with Gasteiger partial charge in [0.15, 0.2) is 6.61 Å². The molecular formula is C8H10O4. The zero-order valence-corrected chi connectivity index (χ0v) is 6.96. The molecule has 1 saturated heterocycles. The molecule has 0 saturated carbocycles. The molecule has 0 spiro atoms. The summed E-state index contributed by atoms with van der Waals surface area (Å²) in [6.07, 6.45) is 0. The van der Waals surface area contributed by atoms with Crippen molar-refractivity contribution in [2.75, 3.05) is 6.61 Å². The zero-order chi connectivity index (χ0) is 9.30. The second-order valence-corrected chi connectivity index (χ2v) is 2.91. The van der Waals surface area contributed by atoms with Gasteiger partial charge in [0.2, 0.25) is 5.78 Å². The molecule has 0 aromatic carbocycles. The lowest BCUT2D eigenvalue weighted by atomic mass is 10.1. The lowest BCUT2D eigenvalue weighted by Gasteiger charge is -2.03. The Morgan fingerprint density at radius 2 is 2.08 bits per heavy atom. The number of cyclic esters (lactones) is 1. The third-order valence-electron chi connectivity index (χ3n) is 1.62. The molecule has 0 unspecified atom stereocenters. The topological polar surface area (TPSA) is 63.6 Å².